The largest absolute Gasteiger partial charge is 0.469 e. The molecule has 54 heavy (non-hydrogen) atoms. The second-order valence-electron chi connectivity index (χ2n) is 13.1. The number of hydrogen-bond donors (Lipinski definition) is 2. The Balaban J connectivity index is 1.87. The van der Waals surface area contributed by atoms with Crippen LogP contribution in [0.3, 0.4) is 0 Å². The van der Waals surface area contributed by atoms with E-state index in [1.165, 1.54) is 40.6 Å². The number of esters is 4. The minimum absolute atomic E-state index is 0.173. The van der Waals surface area contributed by atoms with Crippen molar-refractivity contribution < 1.29 is 38.1 Å². The molecule has 2 aliphatic heterocycles. The van der Waals surface area contributed by atoms with Gasteiger partial charge in [-0.3, -0.25) is 9.59 Å². The van der Waals surface area contributed by atoms with Gasteiger partial charge in [0.25, 0.3) is 0 Å². The van der Waals surface area contributed by atoms with E-state index in [0.29, 0.717) is 37.1 Å². The highest BCUT2D eigenvalue weighted by Gasteiger charge is 2.22. The lowest BCUT2D eigenvalue weighted by atomic mass is 9.99. The summed E-state index contributed by atoms with van der Waals surface area (Å²) < 4.78 is 19.6. The molecule has 0 aliphatic carbocycles. The molecule has 0 fully saturated rings. The normalized spacial score (nSPS) is 12.9. The first-order valence-corrected chi connectivity index (χ1v) is 17.7. The third-order valence-electron chi connectivity index (χ3n) is 9.97. The Morgan fingerprint density at radius 1 is 0.556 bits per heavy atom. The fraction of sp³-hybridized carbons (Fsp3) is 0.333. The molecule has 2 N–H and O–H groups in total. The Hall–Kier alpha value is -6.04. The van der Waals surface area contributed by atoms with E-state index >= 15 is 0 Å². The van der Waals surface area contributed by atoms with Gasteiger partial charge in [0.05, 0.1) is 51.2 Å². The lowest BCUT2D eigenvalue weighted by Gasteiger charge is -2.04. The first-order chi connectivity index (χ1) is 25.9. The number of carbonyl (C=O) groups is 4. The van der Waals surface area contributed by atoms with Gasteiger partial charge in [0.2, 0.25) is 0 Å². The van der Waals surface area contributed by atoms with E-state index in [-0.39, 0.29) is 24.8 Å². The van der Waals surface area contributed by atoms with Gasteiger partial charge in [0, 0.05) is 47.1 Å². The summed E-state index contributed by atoms with van der Waals surface area (Å²) in [7, 11) is 5.42. The van der Waals surface area contributed by atoms with Crippen LogP contribution in [0, 0.1) is 13.8 Å². The molecule has 3 aromatic rings. The van der Waals surface area contributed by atoms with E-state index in [0.717, 1.165) is 78.0 Å². The van der Waals surface area contributed by atoms with E-state index < -0.39 is 11.9 Å². The molecule has 0 atom stereocenters. The number of methoxy groups -OCH3 is 4. The number of rotatable bonds is 12. The number of H-pyrrole nitrogens is 2. The number of ether oxygens (including phenoxy) is 4. The number of aryl methyl sites for hydroxylation is 3. The van der Waals surface area contributed by atoms with Crippen LogP contribution in [0.5, 0.6) is 0 Å². The van der Waals surface area contributed by atoms with Crippen LogP contribution in [0.25, 0.3) is 44.4 Å². The van der Waals surface area contributed by atoms with Crippen molar-refractivity contribution in [2.24, 2.45) is 0 Å². The zero-order valence-electron chi connectivity index (χ0n) is 32.0. The monoisotopic (exact) mass is 734 g/mol. The van der Waals surface area contributed by atoms with Gasteiger partial charge >= 0.3 is 23.9 Å². The molecule has 0 aromatic carbocycles. The van der Waals surface area contributed by atoms with Gasteiger partial charge in [-0.05, 0) is 122 Å². The van der Waals surface area contributed by atoms with Crippen molar-refractivity contribution in [3.63, 3.8) is 0 Å². The predicted octanol–water partition coefficient (Wildman–Crippen LogP) is 7.24. The molecule has 282 valence electrons. The Morgan fingerprint density at radius 2 is 1.04 bits per heavy atom. The van der Waals surface area contributed by atoms with Crippen molar-refractivity contribution in [1.29, 1.82) is 0 Å². The van der Waals surface area contributed by atoms with E-state index in [1.54, 1.807) is 12.2 Å². The molecule has 0 amide bonds. The van der Waals surface area contributed by atoms with Crippen molar-refractivity contribution in [2.45, 2.75) is 66.2 Å². The summed E-state index contributed by atoms with van der Waals surface area (Å²) in [6.45, 7) is 8.01. The molecular formula is C42H46N4O8. The molecule has 0 radical (unpaired) electrons. The van der Waals surface area contributed by atoms with Crippen LogP contribution in [-0.2, 0) is 51.0 Å². The molecule has 0 saturated heterocycles. The average Bonchev–Trinajstić information content (AvgIpc) is 3.82. The maximum atomic E-state index is 12.3. The molecule has 12 heteroatoms. The third kappa shape index (κ3) is 8.60. The minimum Gasteiger partial charge on any atom is -0.469 e. The number of nitrogens with one attached hydrogen (secondary N) is 2. The van der Waals surface area contributed by atoms with Gasteiger partial charge in [-0.25, -0.2) is 19.6 Å². The molecule has 2 aliphatic rings. The quantitative estimate of drug-likeness (QED) is 0.110. The van der Waals surface area contributed by atoms with Crippen LogP contribution in [0.15, 0.2) is 48.6 Å². The highest BCUT2D eigenvalue weighted by atomic mass is 16.5. The van der Waals surface area contributed by atoms with Crippen molar-refractivity contribution in [2.75, 3.05) is 28.4 Å². The maximum Gasteiger partial charge on any atom is 0.330 e. The molecule has 5 heterocycles. The van der Waals surface area contributed by atoms with Crippen LogP contribution in [0.4, 0.5) is 0 Å². The summed E-state index contributed by atoms with van der Waals surface area (Å²) in [5.41, 5.74) is 13.6. The Morgan fingerprint density at radius 3 is 1.63 bits per heavy atom. The van der Waals surface area contributed by atoms with Gasteiger partial charge in [-0.2, -0.15) is 0 Å². The summed E-state index contributed by atoms with van der Waals surface area (Å²) in [5.74, 6) is -1.54. The standard InChI is InChI=1S/C42H46N4O8/c1-23-27(11-9-13-39(47)51-5)35-20-33-24(2)28(12-10-14-40(48)52-6)36(45-33)21-34-26(4)30(16-18-42(50)54-8)38(46-34)22-37-29(15-17-41(49)53-7)25(3)32(44-37)19-31(23)43-35/h9-10,13-14,19-22,45-46H,11-12,15-18H2,1-8H3/b13-9+,14-10+,31-19?,32-19?,33-20?,34-21?,35-20?,36-21?,37-22?,38-22?. The summed E-state index contributed by atoms with van der Waals surface area (Å²) in [6.07, 6.45) is 8.39. The number of hydrogen-bond acceptors (Lipinski definition) is 10. The first-order valence-electron chi connectivity index (χ1n) is 17.7. The van der Waals surface area contributed by atoms with Crippen molar-refractivity contribution in [3.05, 3.63) is 93.6 Å². The lowest BCUT2D eigenvalue weighted by Crippen LogP contribution is -2.02. The average molecular weight is 735 g/mol. The minimum atomic E-state index is -0.448. The van der Waals surface area contributed by atoms with Crippen LogP contribution < -0.4 is 0 Å². The Kier molecular flexibility index (Phi) is 12.5. The highest BCUT2D eigenvalue weighted by molar-refractivity contribution is 5.96. The molecule has 0 saturated carbocycles. The van der Waals surface area contributed by atoms with Crippen molar-refractivity contribution >= 4 is 68.2 Å². The third-order valence-corrected chi connectivity index (χ3v) is 9.97. The van der Waals surface area contributed by atoms with Gasteiger partial charge in [-0.15, -0.1) is 0 Å². The van der Waals surface area contributed by atoms with Crippen molar-refractivity contribution in [1.82, 2.24) is 19.9 Å². The summed E-state index contributed by atoms with van der Waals surface area (Å²) in [6, 6.07) is 7.95. The number of allylic oxidation sites excluding steroid dienone is 6. The maximum absolute atomic E-state index is 12.3. The molecule has 0 spiro atoms. The van der Waals surface area contributed by atoms with Crippen molar-refractivity contribution in [3.8, 4) is 0 Å². The Bertz CT molecular complexity index is 2300. The van der Waals surface area contributed by atoms with Gasteiger partial charge in [-0.1, -0.05) is 12.2 Å². The summed E-state index contributed by atoms with van der Waals surface area (Å²) in [5, 5.41) is 0. The first kappa shape index (κ1) is 39.2. The fourth-order valence-electron chi connectivity index (χ4n) is 6.71. The second-order valence-corrected chi connectivity index (χ2v) is 13.1. The van der Waals surface area contributed by atoms with E-state index in [1.807, 2.05) is 52.0 Å². The zero-order valence-corrected chi connectivity index (χ0v) is 32.0. The van der Waals surface area contributed by atoms with Gasteiger partial charge in [0.1, 0.15) is 0 Å². The van der Waals surface area contributed by atoms with E-state index in [9.17, 15) is 19.2 Å². The second kappa shape index (κ2) is 17.2. The number of aromatic nitrogens is 4. The molecular weight excluding hydrogens is 688 g/mol. The van der Waals surface area contributed by atoms with Crippen LogP contribution in [-0.4, -0.2) is 72.3 Å². The molecule has 12 nitrogen and oxygen atoms in total. The number of fused-ring (bicyclic) bond motifs is 8. The summed E-state index contributed by atoms with van der Waals surface area (Å²) in [4.78, 5) is 65.9. The smallest absolute Gasteiger partial charge is 0.330 e. The number of aromatic amines is 2. The molecule has 3 aromatic heterocycles. The van der Waals surface area contributed by atoms with Gasteiger partial charge in [0.15, 0.2) is 0 Å². The lowest BCUT2D eigenvalue weighted by molar-refractivity contribution is -0.141. The molecule has 5 rings (SSSR count). The Labute approximate surface area is 314 Å². The fourth-order valence-corrected chi connectivity index (χ4v) is 6.71. The topological polar surface area (TPSA) is 163 Å². The zero-order chi connectivity index (χ0) is 39.1. The van der Waals surface area contributed by atoms with Crippen LogP contribution in [0.2, 0.25) is 0 Å². The number of nitrogens with zero attached hydrogens (tertiary/aromatic N) is 2. The van der Waals surface area contributed by atoms with Gasteiger partial charge < -0.3 is 28.9 Å². The van der Waals surface area contributed by atoms with E-state index in [2.05, 4.69) is 9.97 Å². The highest BCUT2D eigenvalue weighted by Crippen LogP contribution is 2.38. The summed E-state index contributed by atoms with van der Waals surface area (Å²) >= 11 is 0. The molecule has 8 bridgehead atoms. The molecule has 0 unspecified atom stereocenters. The SMILES string of the molecule is COC(=O)/C=C/CC1=C(C)c2cc3nc(cc4[nH]c(cc5[nH]c(cc1n2)c(C)c5C/C=C/C(=O)OC)c(C)c4CCC(=O)OC)C(CCC(=O)OC)=C3C. The van der Waals surface area contributed by atoms with E-state index in [4.69, 9.17) is 28.9 Å². The predicted molar refractivity (Wildman–Crippen MR) is 208 cm³/mol. The van der Waals surface area contributed by atoms with Crippen LogP contribution >= 0.6 is 0 Å². The van der Waals surface area contributed by atoms with Crippen LogP contribution in [0.1, 0.15) is 84.6 Å². The number of carbonyl (C=O) groups excluding carboxylic acids is 4.